The van der Waals surface area contributed by atoms with Gasteiger partial charge in [-0.05, 0) is 91.9 Å². The van der Waals surface area contributed by atoms with Crippen LogP contribution < -0.4 is 9.97 Å². The molecule has 6 aromatic rings. The molecule has 0 fully saturated rings. The molecule has 4 aromatic carbocycles. The standard InChI is InChI=1S/2C30H38N3.C6H18NSi2.Y/c2*1-19(2)25-11-9-12-26(20(3)4)29(25)31-17-23-15-16-24(33-23)18-32-30-27(21(5)6)13-10-14-28(30)22(7)8;1-8(2,3)7-9(4,5)6;/h2*9-22H,1-8H3;1-6H3;/q3*-1;+3. The number of hydrogen-bond acceptors (Lipinski definition) is 4. The predicted molar refractivity (Wildman–Crippen MR) is 337 cm³/mol. The number of aromatic nitrogens is 2. The molecule has 0 aliphatic heterocycles. The molecule has 0 aliphatic rings. The fourth-order valence-electron chi connectivity index (χ4n) is 9.25. The van der Waals surface area contributed by atoms with Crippen LogP contribution in [0.3, 0.4) is 0 Å². The molecular formula is C66H94N7Si2Y. The molecule has 0 N–H and O–H groups in total. The van der Waals surface area contributed by atoms with Crippen molar-refractivity contribution in [1.29, 1.82) is 0 Å². The predicted octanol–water partition coefficient (Wildman–Crippen LogP) is 20.3. The Morgan fingerprint density at radius 1 is 0.303 bits per heavy atom. The molecule has 2 heterocycles. The summed E-state index contributed by atoms with van der Waals surface area (Å²) in [5.74, 6) is 3.35. The fourth-order valence-corrected chi connectivity index (χ4v) is 17.3. The van der Waals surface area contributed by atoms with Crippen molar-refractivity contribution >= 4 is 64.1 Å². The Hall–Kier alpha value is -4.38. The quantitative estimate of drug-likeness (QED) is 0.0634. The van der Waals surface area contributed by atoms with E-state index in [-0.39, 0.29) is 32.7 Å². The van der Waals surface area contributed by atoms with Gasteiger partial charge in [-0.15, -0.1) is 22.8 Å². The van der Waals surface area contributed by atoms with Crippen molar-refractivity contribution in [3.63, 3.8) is 0 Å². The zero-order valence-electron chi connectivity index (χ0n) is 50.9. The van der Waals surface area contributed by atoms with E-state index in [4.69, 9.17) is 34.6 Å². The van der Waals surface area contributed by atoms with E-state index in [9.17, 15) is 0 Å². The average Bonchev–Trinajstić information content (AvgIpc) is 3.99. The van der Waals surface area contributed by atoms with Gasteiger partial charge < -0.3 is 14.6 Å². The molecule has 7 nitrogen and oxygen atoms in total. The monoisotopic (exact) mass is 1130 g/mol. The molecule has 6 rings (SSSR count). The third-order valence-electron chi connectivity index (χ3n) is 12.7. The third-order valence-corrected chi connectivity index (χ3v) is 18.1. The minimum absolute atomic E-state index is 0. The molecule has 0 amide bonds. The molecule has 0 radical (unpaired) electrons. The van der Waals surface area contributed by atoms with Crippen LogP contribution in [0.25, 0.3) is 4.65 Å². The van der Waals surface area contributed by atoms with Gasteiger partial charge in [-0.1, -0.05) is 264 Å². The molecule has 0 aliphatic carbocycles. The molecule has 404 valence electrons. The van der Waals surface area contributed by atoms with Crippen molar-refractivity contribution in [1.82, 2.24) is 9.97 Å². The fraction of sp³-hybridized carbons (Fsp3) is 0.455. The van der Waals surface area contributed by atoms with E-state index in [1.165, 1.54) is 44.5 Å². The smallest absolute Gasteiger partial charge is 0.668 e. The van der Waals surface area contributed by atoms with E-state index in [1.54, 1.807) is 0 Å². The summed E-state index contributed by atoms with van der Waals surface area (Å²) >= 11 is 0. The second-order valence-electron chi connectivity index (χ2n) is 24.5. The first kappa shape index (κ1) is 65.9. The maximum atomic E-state index is 4.89. The Morgan fingerprint density at radius 3 is 0.579 bits per heavy atom. The number of hydrogen-bond donors (Lipinski definition) is 0. The van der Waals surface area contributed by atoms with Crippen LogP contribution in [0.4, 0.5) is 22.7 Å². The van der Waals surface area contributed by atoms with Crippen LogP contribution in [0.5, 0.6) is 0 Å². The summed E-state index contributed by atoms with van der Waals surface area (Å²) in [5.41, 5.74) is 17.9. The van der Waals surface area contributed by atoms with Gasteiger partial charge in [-0.2, -0.15) is 0 Å². The van der Waals surface area contributed by atoms with Crippen molar-refractivity contribution in [3.8, 4) is 0 Å². The van der Waals surface area contributed by atoms with Crippen LogP contribution in [-0.4, -0.2) is 41.3 Å². The molecule has 0 unspecified atom stereocenters. The van der Waals surface area contributed by atoms with Crippen LogP contribution in [0.15, 0.2) is 117 Å². The molecule has 0 saturated carbocycles. The summed E-state index contributed by atoms with van der Waals surface area (Å²) in [6.45, 7) is 49.2. The van der Waals surface area contributed by atoms with E-state index >= 15 is 0 Å². The van der Waals surface area contributed by atoms with E-state index < -0.39 is 16.5 Å². The summed E-state index contributed by atoms with van der Waals surface area (Å²) in [5, 5.41) is 0. The largest absolute Gasteiger partial charge is 3.00 e. The second-order valence-corrected chi connectivity index (χ2v) is 34.0. The van der Waals surface area contributed by atoms with Gasteiger partial charge in [0.15, 0.2) is 0 Å². The first-order valence-electron chi connectivity index (χ1n) is 27.8. The Labute approximate surface area is 489 Å². The van der Waals surface area contributed by atoms with Gasteiger partial charge in [0.25, 0.3) is 0 Å². The van der Waals surface area contributed by atoms with Gasteiger partial charge in [0.2, 0.25) is 0 Å². The van der Waals surface area contributed by atoms with Crippen LogP contribution >= 0.6 is 0 Å². The minimum Gasteiger partial charge on any atom is -0.668 e. The maximum absolute atomic E-state index is 4.89. The topological polar surface area (TPSA) is 91.7 Å². The summed E-state index contributed by atoms with van der Waals surface area (Å²) in [7, 11) is -2.21. The summed E-state index contributed by atoms with van der Waals surface area (Å²) in [6.07, 6.45) is 7.52. The molecular weight excluding hydrogens is 1040 g/mol. The van der Waals surface area contributed by atoms with E-state index in [1.807, 2.05) is 49.1 Å². The number of para-hydroxylation sites is 4. The van der Waals surface area contributed by atoms with E-state index in [0.717, 1.165) is 45.5 Å². The van der Waals surface area contributed by atoms with Crippen molar-refractivity contribution in [2.45, 2.75) is 197 Å². The van der Waals surface area contributed by atoms with Gasteiger partial charge in [-0.3, -0.25) is 20.0 Å². The molecule has 76 heavy (non-hydrogen) atoms. The first-order valence-corrected chi connectivity index (χ1v) is 34.7. The molecule has 0 atom stereocenters. The number of benzene rings is 4. The van der Waals surface area contributed by atoms with Gasteiger partial charge >= 0.3 is 32.7 Å². The Balaban J connectivity index is 0.000000341. The van der Waals surface area contributed by atoms with Gasteiger partial charge in [0, 0.05) is 24.9 Å². The zero-order chi connectivity index (χ0) is 55.9. The van der Waals surface area contributed by atoms with Crippen LogP contribution in [-0.2, 0) is 32.7 Å². The molecule has 0 bridgehead atoms. The van der Waals surface area contributed by atoms with Crippen LogP contribution in [0.2, 0.25) is 39.3 Å². The summed E-state index contributed by atoms with van der Waals surface area (Å²) in [4.78, 5) is 29.1. The maximum Gasteiger partial charge on any atom is 3.00 e. The second kappa shape index (κ2) is 30.1. The van der Waals surface area contributed by atoms with Gasteiger partial charge in [0.1, 0.15) is 0 Å². The number of aliphatic imine (C=N–C) groups is 4. The number of nitrogens with zero attached hydrogens (tertiary/aromatic N) is 7. The van der Waals surface area contributed by atoms with E-state index in [0.29, 0.717) is 47.3 Å². The zero-order valence-corrected chi connectivity index (χ0v) is 55.7. The van der Waals surface area contributed by atoms with Crippen LogP contribution in [0.1, 0.15) is 225 Å². The summed E-state index contributed by atoms with van der Waals surface area (Å²) < 4.78 is 4.82. The van der Waals surface area contributed by atoms with Gasteiger partial charge in [-0.25, -0.2) is 0 Å². The van der Waals surface area contributed by atoms with Crippen molar-refractivity contribution < 1.29 is 32.7 Å². The Bertz CT molecular complexity index is 2380. The Kier molecular flexibility index (Phi) is 26.1. The van der Waals surface area contributed by atoms with Gasteiger partial charge in [0.05, 0.1) is 22.7 Å². The summed E-state index contributed by atoms with van der Waals surface area (Å²) in [6, 6.07) is 34.0. The minimum atomic E-state index is -1.11. The van der Waals surface area contributed by atoms with Crippen molar-refractivity contribution in [2.75, 3.05) is 0 Å². The molecule has 0 spiro atoms. The molecule has 0 saturated heterocycles. The Morgan fingerprint density at radius 2 is 0.461 bits per heavy atom. The number of rotatable bonds is 18. The SMILES string of the molecule is CC(C)c1cccc(C(C)C)c1N=Cc1ccc(C=Nc2c(C(C)C)cccc2C(C)C)[n-]1.CC(C)c1cccc(C(C)C)c1N=Cc1ccc(C=Nc2c(C(C)C)cccc2C(C)C)[n-]1.C[Si](C)(C)[N-][Si](C)(C)C.[Y+3]. The van der Waals surface area contributed by atoms with Crippen molar-refractivity contribution in [3.05, 3.63) is 169 Å². The molecule has 2 aromatic heterocycles. The first-order chi connectivity index (χ1) is 35.1. The third kappa shape index (κ3) is 20.1. The van der Waals surface area contributed by atoms with E-state index in [2.05, 4.69) is 223 Å². The average molecular weight is 1130 g/mol. The van der Waals surface area contributed by atoms with Crippen LogP contribution in [0, 0.1) is 0 Å². The normalized spacial score (nSPS) is 12.5. The molecule has 10 heteroatoms. The van der Waals surface area contributed by atoms with Crippen molar-refractivity contribution in [2.24, 2.45) is 20.0 Å².